The molecule has 2 heteroatoms. The van der Waals surface area contributed by atoms with Crippen molar-refractivity contribution >= 4 is 0 Å². The molecule has 2 nitrogen and oxygen atoms in total. The number of nitrogens with zero attached hydrogens (tertiary/aromatic N) is 2. The maximum Gasteiger partial charge on any atom is 0.0965 e. The second kappa shape index (κ2) is 6.50. The van der Waals surface area contributed by atoms with Crippen LogP contribution in [-0.4, -0.2) is 18.0 Å². The summed E-state index contributed by atoms with van der Waals surface area (Å²) >= 11 is 0. The standard InChI is InChI=1S/C13H22N2/c1-3-5-10-15(4-2)13-9-7-6-8-12(13)11-14/h3-10H2,1-2H3. The normalized spacial score (nSPS) is 16.3. The Labute approximate surface area is 93.6 Å². The average molecular weight is 206 g/mol. The van der Waals surface area contributed by atoms with Gasteiger partial charge >= 0.3 is 0 Å². The van der Waals surface area contributed by atoms with E-state index in [2.05, 4.69) is 24.8 Å². The molecule has 0 unspecified atom stereocenters. The van der Waals surface area contributed by atoms with Crippen LogP contribution in [0.3, 0.4) is 0 Å². The van der Waals surface area contributed by atoms with Crippen molar-refractivity contribution in [1.82, 2.24) is 4.90 Å². The summed E-state index contributed by atoms with van der Waals surface area (Å²) in [6.45, 7) is 6.56. The number of unbranched alkanes of at least 4 members (excludes halogenated alkanes) is 1. The molecule has 0 fully saturated rings. The zero-order valence-corrected chi connectivity index (χ0v) is 10.1. The van der Waals surface area contributed by atoms with Gasteiger partial charge in [-0.1, -0.05) is 13.3 Å². The second-order valence-corrected chi connectivity index (χ2v) is 4.18. The molecular formula is C13H22N2. The number of nitriles is 1. The van der Waals surface area contributed by atoms with Gasteiger partial charge in [-0.25, -0.2) is 0 Å². The molecule has 0 aliphatic heterocycles. The van der Waals surface area contributed by atoms with Crippen molar-refractivity contribution in [1.29, 1.82) is 5.26 Å². The molecule has 1 rings (SSSR count). The van der Waals surface area contributed by atoms with E-state index >= 15 is 0 Å². The minimum atomic E-state index is 0.995. The zero-order chi connectivity index (χ0) is 11.1. The van der Waals surface area contributed by atoms with Crippen molar-refractivity contribution in [2.24, 2.45) is 0 Å². The summed E-state index contributed by atoms with van der Waals surface area (Å²) < 4.78 is 0. The summed E-state index contributed by atoms with van der Waals surface area (Å²) in [4.78, 5) is 2.40. The van der Waals surface area contributed by atoms with Crippen LogP contribution in [0.15, 0.2) is 11.3 Å². The van der Waals surface area contributed by atoms with Crippen LogP contribution < -0.4 is 0 Å². The zero-order valence-electron chi connectivity index (χ0n) is 10.1. The Morgan fingerprint density at radius 1 is 1.27 bits per heavy atom. The van der Waals surface area contributed by atoms with E-state index in [1.165, 1.54) is 31.4 Å². The summed E-state index contributed by atoms with van der Waals surface area (Å²) in [5.74, 6) is 0. The van der Waals surface area contributed by atoms with Crippen LogP contribution in [0.25, 0.3) is 0 Å². The van der Waals surface area contributed by atoms with E-state index in [4.69, 9.17) is 5.26 Å². The predicted octanol–water partition coefficient (Wildman–Crippen LogP) is 3.46. The van der Waals surface area contributed by atoms with Gasteiger partial charge in [0.05, 0.1) is 6.07 Å². The number of rotatable bonds is 5. The topological polar surface area (TPSA) is 27.0 Å². The summed E-state index contributed by atoms with van der Waals surface area (Å²) in [5, 5.41) is 9.10. The highest BCUT2D eigenvalue weighted by Crippen LogP contribution is 2.27. The minimum absolute atomic E-state index is 0.995. The third-order valence-electron chi connectivity index (χ3n) is 3.12. The minimum Gasteiger partial charge on any atom is -0.374 e. The Balaban J connectivity index is 2.71. The molecule has 0 aromatic carbocycles. The highest BCUT2D eigenvalue weighted by molar-refractivity contribution is 5.28. The van der Waals surface area contributed by atoms with Crippen LogP contribution in [0.2, 0.25) is 0 Å². The highest BCUT2D eigenvalue weighted by atomic mass is 15.1. The van der Waals surface area contributed by atoms with Crippen molar-refractivity contribution in [2.75, 3.05) is 13.1 Å². The number of hydrogen-bond donors (Lipinski definition) is 0. The van der Waals surface area contributed by atoms with Crippen molar-refractivity contribution in [3.05, 3.63) is 11.3 Å². The third kappa shape index (κ3) is 3.27. The van der Waals surface area contributed by atoms with Gasteiger partial charge in [-0.3, -0.25) is 0 Å². The highest BCUT2D eigenvalue weighted by Gasteiger charge is 2.16. The fourth-order valence-electron chi connectivity index (χ4n) is 2.19. The van der Waals surface area contributed by atoms with Gasteiger partial charge in [-0.15, -0.1) is 0 Å². The summed E-state index contributed by atoms with van der Waals surface area (Å²) in [5.41, 5.74) is 2.37. The lowest BCUT2D eigenvalue weighted by Gasteiger charge is -2.29. The lowest BCUT2D eigenvalue weighted by Crippen LogP contribution is -2.26. The first-order valence-electron chi connectivity index (χ1n) is 6.20. The van der Waals surface area contributed by atoms with Crippen molar-refractivity contribution in [3.8, 4) is 6.07 Å². The molecular weight excluding hydrogens is 184 g/mol. The SMILES string of the molecule is CCCCN(CC)C1=C(C#N)CCCC1. The molecule has 0 amide bonds. The van der Waals surface area contributed by atoms with Crippen molar-refractivity contribution in [2.45, 2.75) is 52.4 Å². The van der Waals surface area contributed by atoms with Gasteiger partial charge in [-0.2, -0.15) is 5.26 Å². The van der Waals surface area contributed by atoms with Crippen LogP contribution in [0, 0.1) is 11.3 Å². The second-order valence-electron chi connectivity index (χ2n) is 4.18. The van der Waals surface area contributed by atoms with Crippen molar-refractivity contribution in [3.63, 3.8) is 0 Å². The first-order chi connectivity index (χ1) is 7.33. The Hall–Kier alpha value is -0.970. The quantitative estimate of drug-likeness (QED) is 0.688. The van der Waals surface area contributed by atoms with Gasteiger partial charge in [0.25, 0.3) is 0 Å². The average Bonchev–Trinajstić information content (AvgIpc) is 2.30. The monoisotopic (exact) mass is 206 g/mol. The van der Waals surface area contributed by atoms with Gasteiger partial charge in [0.1, 0.15) is 0 Å². The Bertz CT molecular complexity index is 260. The van der Waals surface area contributed by atoms with Crippen LogP contribution in [0.1, 0.15) is 52.4 Å². The fourth-order valence-corrected chi connectivity index (χ4v) is 2.19. The molecule has 0 saturated carbocycles. The van der Waals surface area contributed by atoms with E-state index in [0.29, 0.717) is 0 Å². The molecule has 1 aliphatic carbocycles. The largest absolute Gasteiger partial charge is 0.374 e. The molecule has 0 radical (unpaired) electrons. The van der Waals surface area contributed by atoms with E-state index in [1.54, 1.807) is 0 Å². The molecule has 0 saturated heterocycles. The van der Waals surface area contributed by atoms with E-state index in [9.17, 15) is 0 Å². The Morgan fingerprint density at radius 2 is 2.00 bits per heavy atom. The fraction of sp³-hybridized carbons (Fsp3) is 0.769. The maximum atomic E-state index is 9.10. The van der Waals surface area contributed by atoms with Crippen LogP contribution in [0.4, 0.5) is 0 Å². The molecule has 84 valence electrons. The van der Waals surface area contributed by atoms with Crippen LogP contribution in [-0.2, 0) is 0 Å². The Kier molecular flexibility index (Phi) is 5.25. The van der Waals surface area contributed by atoms with E-state index in [0.717, 1.165) is 31.5 Å². The van der Waals surface area contributed by atoms with Crippen molar-refractivity contribution < 1.29 is 0 Å². The maximum absolute atomic E-state index is 9.10. The first kappa shape index (κ1) is 12.1. The third-order valence-corrected chi connectivity index (χ3v) is 3.12. The van der Waals surface area contributed by atoms with Gasteiger partial charge in [0, 0.05) is 24.4 Å². The summed E-state index contributed by atoms with van der Waals surface area (Å²) in [7, 11) is 0. The van der Waals surface area contributed by atoms with Gasteiger partial charge in [0.15, 0.2) is 0 Å². The lowest BCUT2D eigenvalue weighted by atomic mass is 9.96. The molecule has 0 aromatic heterocycles. The molecule has 0 N–H and O–H groups in total. The molecule has 15 heavy (non-hydrogen) atoms. The van der Waals surface area contributed by atoms with E-state index in [1.807, 2.05) is 0 Å². The summed E-state index contributed by atoms with van der Waals surface area (Å²) in [6, 6.07) is 2.38. The molecule has 0 heterocycles. The lowest BCUT2D eigenvalue weighted by molar-refractivity contribution is 0.329. The van der Waals surface area contributed by atoms with E-state index < -0.39 is 0 Å². The van der Waals surface area contributed by atoms with Gasteiger partial charge in [0.2, 0.25) is 0 Å². The first-order valence-corrected chi connectivity index (χ1v) is 6.20. The number of hydrogen-bond acceptors (Lipinski definition) is 2. The predicted molar refractivity (Wildman–Crippen MR) is 63.3 cm³/mol. The molecule has 0 spiro atoms. The molecule has 0 atom stereocenters. The summed E-state index contributed by atoms with van der Waals surface area (Å²) in [6.07, 6.45) is 7.01. The van der Waals surface area contributed by atoms with E-state index in [-0.39, 0.29) is 0 Å². The molecule has 1 aliphatic rings. The van der Waals surface area contributed by atoms with Crippen LogP contribution in [0.5, 0.6) is 0 Å². The number of allylic oxidation sites excluding steroid dienone is 2. The van der Waals surface area contributed by atoms with Crippen LogP contribution >= 0.6 is 0 Å². The molecule has 0 aromatic rings. The van der Waals surface area contributed by atoms with Gasteiger partial charge in [-0.05, 0) is 39.0 Å². The molecule has 0 bridgehead atoms. The smallest absolute Gasteiger partial charge is 0.0965 e. The van der Waals surface area contributed by atoms with Gasteiger partial charge < -0.3 is 4.90 Å². The Morgan fingerprint density at radius 3 is 2.60 bits per heavy atom.